The molecule has 0 fully saturated rings. The summed E-state index contributed by atoms with van der Waals surface area (Å²) in [6.45, 7) is 7.91. The zero-order valence-corrected chi connectivity index (χ0v) is 15.8. The van der Waals surface area contributed by atoms with E-state index in [0.717, 1.165) is 22.7 Å². The SMILES string of the molecule is CC1=CC(=CC2=C(O)C(=CC3=CC(C)=[Se]C(C)=C3)C2=O)C=C(C)O1. The van der Waals surface area contributed by atoms with Gasteiger partial charge in [-0.1, -0.05) is 0 Å². The molecule has 1 N–H and O–H groups in total. The van der Waals surface area contributed by atoms with Crippen molar-refractivity contribution >= 4 is 24.7 Å². The topological polar surface area (TPSA) is 46.5 Å². The second-order valence-electron chi connectivity index (χ2n) is 6.02. The van der Waals surface area contributed by atoms with Crippen molar-refractivity contribution < 1.29 is 14.6 Å². The van der Waals surface area contributed by atoms with Crippen LogP contribution in [0.15, 0.2) is 80.5 Å². The van der Waals surface area contributed by atoms with Crippen molar-refractivity contribution in [2.45, 2.75) is 27.7 Å². The molecule has 0 aromatic heterocycles. The van der Waals surface area contributed by atoms with Crippen molar-refractivity contribution in [2.24, 2.45) is 0 Å². The van der Waals surface area contributed by atoms with Crippen LogP contribution in [0.1, 0.15) is 27.7 Å². The summed E-state index contributed by atoms with van der Waals surface area (Å²) >= 11 is 0.399. The molecule has 0 aromatic carbocycles. The van der Waals surface area contributed by atoms with Gasteiger partial charge in [-0.05, 0) is 0 Å². The van der Waals surface area contributed by atoms with Gasteiger partial charge in [0.1, 0.15) is 0 Å². The Morgan fingerprint density at radius 2 is 1.67 bits per heavy atom. The van der Waals surface area contributed by atoms with Crippen LogP contribution >= 0.6 is 0 Å². The van der Waals surface area contributed by atoms with Gasteiger partial charge < -0.3 is 0 Å². The van der Waals surface area contributed by atoms with Crippen molar-refractivity contribution in [3.05, 3.63) is 80.5 Å². The van der Waals surface area contributed by atoms with Crippen LogP contribution in [-0.4, -0.2) is 29.8 Å². The number of hydrogen-bond donors (Lipinski definition) is 1. The molecule has 1 aliphatic carbocycles. The van der Waals surface area contributed by atoms with Crippen molar-refractivity contribution in [2.75, 3.05) is 0 Å². The van der Waals surface area contributed by atoms with Gasteiger partial charge in [-0.15, -0.1) is 0 Å². The van der Waals surface area contributed by atoms with Crippen LogP contribution in [-0.2, 0) is 9.53 Å². The van der Waals surface area contributed by atoms with Gasteiger partial charge in [-0.2, -0.15) is 0 Å². The van der Waals surface area contributed by atoms with Crippen molar-refractivity contribution in [3.63, 3.8) is 0 Å². The fourth-order valence-electron chi connectivity index (χ4n) is 2.86. The van der Waals surface area contributed by atoms with Crippen LogP contribution < -0.4 is 0 Å². The summed E-state index contributed by atoms with van der Waals surface area (Å²) in [6.07, 6.45) is 11.3. The molecule has 0 bridgehead atoms. The Labute approximate surface area is 147 Å². The molecule has 3 aliphatic rings. The van der Waals surface area contributed by atoms with Crippen LogP contribution in [0.3, 0.4) is 0 Å². The molecule has 0 amide bonds. The Kier molecular flexibility index (Phi) is 4.44. The molecular formula is C20H19O3Se. The van der Waals surface area contributed by atoms with E-state index in [1.807, 2.05) is 26.0 Å². The minimum atomic E-state index is -0.121. The van der Waals surface area contributed by atoms with Gasteiger partial charge in [0.05, 0.1) is 0 Å². The molecule has 4 heteroatoms. The summed E-state index contributed by atoms with van der Waals surface area (Å²) in [4.78, 5) is 12.4. The fraction of sp³-hybridized carbons (Fsp3) is 0.200. The van der Waals surface area contributed by atoms with Crippen molar-refractivity contribution in [1.29, 1.82) is 0 Å². The molecule has 0 saturated carbocycles. The molecule has 0 unspecified atom stereocenters. The Morgan fingerprint density at radius 1 is 1.00 bits per heavy atom. The first-order valence-electron chi connectivity index (χ1n) is 7.71. The summed E-state index contributed by atoms with van der Waals surface area (Å²) in [5, 5.41) is 10.3. The zero-order valence-electron chi connectivity index (χ0n) is 14.1. The Hall–Kier alpha value is -2.16. The van der Waals surface area contributed by atoms with E-state index in [1.54, 1.807) is 12.2 Å². The summed E-state index contributed by atoms with van der Waals surface area (Å²) in [5.74, 6) is 1.48. The maximum atomic E-state index is 12.4. The number of aliphatic hydroxyl groups is 1. The molecule has 3 nitrogen and oxygen atoms in total. The van der Waals surface area contributed by atoms with Crippen LogP contribution in [0.4, 0.5) is 0 Å². The number of Topliss-reactive ketones (excluding diaryl/α,β-unsaturated/α-hetero) is 1. The van der Waals surface area contributed by atoms with Crippen molar-refractivity contribution in [3.8, 4) is 0 Å². The Bertz CT molecular complexity index is 861. The van der Waals surface area contributed by atoms with Crippen molar-refractivity contribution in [1.82, 2.24) is 0 Å². The first-order valence-corrected chi connectivity index (χ1v) is 9.42. The second-order valence-corrected chi connectivity index (χ2v) is 9.15. The van der Waals surface area contributed by atoms with Crippen LogP contribution in [0, 0.1) is 0 Å². The van der Waals surface area contributed by atoms with Crippen LogP contribution in [0.5, 0.6) is 0 Å². The molecule has 0 atom stereocenters. The van der Waals surface area contributed by atoms with Gasteiger partial charge in [0.15, 0.2) is 0 Å². The second kappa shape index (κ2) is 6.39. The number of allylic oxidation sites excluding steroid dienone is 13. The van der Waals surface area contributed by atoms with E-state index in [1.165, 1.54) is 8.89 Å². The zero-order chi connectivity index (χ0) is 17.4. The minimum absolute atomic E-state index is 0.0665. The average Bonchev–Trinajstić information content (AvgIpc) is 2.48. The normalized spacial score (nSPS) is 22.2. The molecule has 1 radical (unpaired) electrons. The van der Waals surface area contributed by atoms with Gasteiger partial charge in [0.25, 0.3) is 0 Å². The molecule has 2 heterocycles. The van der Waals surface area contributed by atoms with E-state index in [-0.39, 0.29) is 11.5 Å². The van der Waals surface area contributed by atoms with Gasteiger partial charge >= 0.3 is 148 Å². The summed E-state index contributed by atoms with van der Waals surface area (Å²) < 4.78 is 8.07. The number of aliphatic hydroxyl groups excluding tert-OH is 1. The predicted octanol–water partition coefficient (Wildman–Crippen LogP) is 3.81. The first-order chi connectivity index (χ1) is 11.3. The molecule has 0 aromatic rings. The third-order valence-electron chi connectivity index (χ3n) is 3.75. The third kappa shape index (κ3) is 3.35. The van der Waals surface area contributed by atoms with Crippen LogP contribution in [0.25, 0.3) is 0 Å². The van der Waals surface area contributed by atoms with Gasteiger partial charge in [-0.3, -0.25) is 0 Å². The van der Waals surface area contributed by atoms with E-state index < -0.39 is 0 Å². The van der Waals surface area contributed by atoms with Crippen LogP contribution in [0.2, 0.25) is 0 Å². The third-order valence-corrected chi connectivity index (χ3v) is 5.59. The standard InChI is InChI=1S/C20H19O3Se/c1-11-5-15(6-12(2)23-11)9-17-19(21)18(20(17)22)10-16-7-13(3)24-14(4)8-16/h5-10,21H,1-4H3. The van der Waals surface area contributed by atoms with E-state index in [4.69, 9.17) is 4.74 Å². The van der Waals surface area contributed by atoms with Gasteiger partial charge in [0.2, 0.25) is 0 Å². The number of rotatable bonds is 2. The Morgan fingerprint density at radius 3 is 2.25 bits per heavy atom. The summed E-state index contributed by atoms with van der Waals surface area (Å²) in [6, 6.07) is 0. The molecule has 123 valence electrons. The molecule has 2 aliphatic heterocycles. The Balaban J connectivity index is 1.92. The summed E-state index contributed by atoms with van der Waals surface area (Å²) in [5.41, 5.74) is 2.56. The maximum absolute atomic E-state index is 12.4. The fourth-order valence-corrected chi connectivity index (χ4v) is 4.74. The van der Waals surface area contributed by atoms with E-state index in [0.29, 0.717) is 25.7 Å². The summed E-state index contributed by atoms with van der Waals surface area (Å²) in [7, 11) is 0. The monoisotopic (exact) mass is 387 g/mol. The average molecular weight is 386 g/mol. The molecule has 3 rings (SSSR count). The number of hydrogen-bond acceptors (Lipinski definition) is 3. The molecule has 0 spiro atoms. The molecule has 24 heavy (non-hydrogen) atoms. The number of ether oxygens (including phenoxy) is 1. The number of ketones is 1. The molecule has 0 saturated heterocycles. The van der Waals surface area contributed by atoms with E-state index >= 15 is 0 Å². The number of carbonyl (C=O) groups is 1. The predicted molar refractivity (Wildman–Crippen MR) is 97.7 cm³/mol. The first kappa shape index (κ1) is 16.7. The van der Waals surface area contributed by atoms with Gasteiger partial charge in [0, 0.05) is 0 Å². The van der Waals surface area contributed by atoms with E-state index in [9.17, 15) is 9.90 Å². The number of carbonyl (C=O) groups excluding carboxylic acids is 1. The van der Waals surface area contributed by atoms with Gasteiger partial charge in [-0.25, -0.2) is 0 Å². The quantitative estimate of drug-likeness (QED) is 0.580. The van der Waals surface area contributed by atoms with E-state index in [2.05, 4.69) is 26.0 Å². The molecular weight excluding hydrogens is 367 g/mol.